The number of carbonyl (C=O) groups excluding carboxylic acids is 1. The zero-order chi connectivity index (χ0) is 22.1. The molecular weight excluding hydrogens is 557 g/mol. The smallest absolute Gasteiger partial charge is 0.311 e. The summed E-state index contributed by atoms with van der Waals surface area (Å²) in [5, 5.41) is 9.62. The van der Waals surface area contributed by atoms with Gasteiger partial charge in [0.2, 0.25) is 6.10 Å². The van der Waals surface area contributed by atoms with E-state index in [0.717, 1.165) is 0 Å². The van der Waals surface area contributed by atoms with Gasteiger partial charge in [0.1, 0.15) is 17.6 Å². The van der Waals surface area contributed by atoms with Crippen LogP contribution in [-0.2, 0) is 9.53 Å². The lowest BCUT2D eigenvalue weighted by molar-refractivity contribution is -0.149. The minimum atomic E-state index is -1.22. The minimum absolute atomic E-state index is 0.147. The molecule has 0 spiro atoms. The predicted molar refractivity (Wildman–Crippen MR) is 124 cm³/mol. The van der Waals surface area contributed by atoms with E-state index in [4.69, 9.17) is 32.7 Å². The summed E-state index contributed by atoms with van der Waals surface area (Å²) in [5.74, 6) is 0.183. The van der Waals surface area contributed by atoms with Crippen molar-refractivity contribution in [1.29, 1.82) is 5.26 Å². The zero-order valence-corrected chi connectivity index (χ0v) is 20.9. The maximum absolute atomic E-state index is 12.9. The van der Waals surface area contributed by atoms with E-state index in [2.05, 4.69) is 37.9 Å². The summed E-state index contributed by atoms with van der Waals surface area (Å²) >= 11 is 19.0. The van der Waals surface area contributed by atoms with Crippen molar-refractivity contribution in [1.82, 2.24) is 0 Å². The van der Waals surface area contributed by atoms with Gasteiger partial charge >= 0.3 is 5.97 Å². The fourth-order valence-electron chi connectivity index (χ4n) is 3.60. The number of nitriles is 1. The molecule has 1 unspecified atom stereocenters. The van der Waals surface area contributed by atoms with Gasteiger partial charge in [-0.15, -0.1) is 0 Å². The third-order valence-corrected chi connectivity index (χ3v) is 8.64. The van der Waals surface area contributed by atoms with Crippen LogP contribution >= 0.6 is 55.1 Å². The SMILES string of the molecule is CC1(C)[C@H](C(=O)O[C@H](C#N)c2cccc(Oc3ccccc3)c2)[C@@H]1C(Br)C(Cl)(Cl)Br. The number of nitrogens with zero attached hydrogens (tertiary/aromatic N) is 1. The Kier molecular flexibility index (Phi) is 7.08. The number of alkyl halides is 4. The maximum atomic E-state index is 12.9. The molecule has 3 rings (SSSR count). The van der Waals surface area contributed by atoms with Crippen molar-refractivity contribution in [2.75, 3.05) is 0 Å². The topological polar surface area (TPSA) is 59.3 Å². The number of para-hydroxylation sites is 1. The molecule has 4 nitrogen and oxygen atoms in total. The van der Waals surface area contributed by atoms with Crippen molar-refractivity contribution in [3.63, 3.8) is 0 Å². The monoisotopic (exact) mass is 573 g/mol. The van der Waals surface area contributed by atoms with Crippen molar-refractivity contribution in [3.05, 3.63) is 60.2 Å². The second-order valence-corrected chi connectivity index (χ2v) is 12.2. The van der Waals surface area contributed by atoms with Crippen molar-refractivity contribution in [2.24, 2.45) is 17.3 Å². The average Bonchev–Trinajstić information content (AvgIpc) is 3.27. The number of halogens is 4. The largest absolute Gasteiger partial charge is 0.457 e. The Hall–Kier alpha value is -1.26. The summed E-state index contributed by atoms with van der Waals surface area (Å²) < 4.78 is 10.2. The Morgan fingerprint density at radius 3 is 2.40 bits per heavy atom. The summed E-state index contributed by atoms with van der Waals surface area (Å²) in [7, 11) is 0. The van der Waals surface area contributed by atoms with Crippen LogP contribution in [-0.4, -0.2) is 14.0 Å². The molecule has 1 fully saturated rings. The summed E-state index contributed by atoms with van der Waals surface area (Å²) in [6, 6.07) is 18.3. The van der Waals surface area contributed by atoms with E-state index in [1.54, 1.807) is 24.3 Å². The average molecular weight is 576 g/mol. The van der Waals surface area contributed by atoms with E-state index in [-0.39, 0.29) is 16.2 Å². The number of hydrogen-bond donors (Lipinski definition) is 0. The highest BCUT2D eigenvalue weighted by atomic mass is 79.9. The Morgan fingerprint density at radius 2 is 1.80 bits per heavy atom. The molecule has 1 aliphatic carbocycles. The van der Waals surface area contributed by atoms with Crippen molar-refractivity contribution < 1.29 is 14.3 Å². The van der Waals surface area contributed by atoms with Crippen molar-refractivity contribution >= 4 is 61.0 Å². The summed E-state index contributed by atoms with van der Waals surface area (Å²) in [6.07, 6.45) is -1.05. The summed E-state index contributed by atoms with van der Waals surface area (Å²) in [4.78, 5) is 12.5. The fraction of sp³-hybridized carbons (Fsp3) is 0.364. The molecule has 2 aromatic rings. The van der Waals surface area contributed by atoms with Gasteiger partial charge in [0, 0.05) is 5.56 Å². The quantitative estimate of drug-likeness (QED) is 0.260. The summed E-state index contributed by atoms with van der Waals surface area (Å²) in [6.45, 7) is 3.89. The van der Waals surface area contributed by atoms with Gasteiger partial charge in [-0.25, -0.2) is 0 Å². The lowest BCUT2D eigenvalue weighted by Crippen LogP contribution is -2.24. The second kappa shape index (κ2) is 9.08. The maximum Gasteiger partial charge on any atom is 0.311 e. The predicted octanol–water partition coefficient (Wildman–Crippen LogP) is 7.15. The number of ether oxygens (including phenoxy) is 2. The van der Waals surface area contributed by atoms with Gasteiger partial charge < -0.3 is 9.47 Å². The molecule has 0 N–H and O–H groups in total. The number of benzene rings is 2. The first-order chi connectivity index (χ1) is 14.1. The van der Waals surface area contributed by atoms with Crippen LogP contribution in [0.2, 0.25) is 0 Å². The normalized spacial score (nSPS) is 21.8. The highest BCUT2D eigenvalue weighted by Crippen LogP contribution is 2.65. The third-order valence-electron chi connectivity index (χ3n) is 5.28. The molecule has 0 amide bonds. The van der Waals surface area contributed by atoms with E-state index in [1.165, 1.54) is 0 Å². The molecule has 0 aromatic heterocycles. The molecule has 2 aromatic carbocycles. The van der Waals surface area contributed by atoms with Gasteiger partial charge in [0.15, 0.2) is 3.24 Å². The first-order valence-corrected chi connectivity index (χ1v) is 11.7. The van der Waals surface area contributed by atoms with Crippen LogP contribution in [0.5, 0.6) is 11.5 Å². The second-order valence-electron chi connectivity index (χ2n) is 7.70. The van der Waals surface area contributed by atoms with Gasteiger partial charge in [-0.2, -0.15) is 5.26 Å². The van der Waals surface area contributed by atoms with E-state index < -0.39 is 21.2 Å². The fourth-order valence-corrected chi connectivity index (χ4v) is 5.14. The molecule has 30 heavy (non-hydrogen) atoms. The van der Waals surface area contributed by atoms with Gasteiger partial charge in [0.05, 0.1) is 10.7 Å². The van der Waals surface area contributed by atoms with Crippen LogP contribution in [0.15, 0.2) is 54.6 Å². The van der Waals surface area contributed by atoms with Gasteiger partial charge in [-0.05, 0) is 51.5 Å². The molecule has 158 valence electrons. The summed E-state index contributed by atoms with van der Waals surface area (Å²) in [5.41, 5.74) is 0.168. The molecule has 0 bridgehead atoms. The lowest BCUT2D eigenvalue weighted by Gasteiger charge is -2.20. The number of rotatable bonds is 7. The molecule has 0 aliphatic heterocycles. The first-order valence-electron chi connectivity index (χ1n) is 9.19. The number of hydrogen-bond acceptors (Lipinski definition) is 4. The Bertz CT molecular complexity index is 957. The standard InChI is InChI=1S/C22H19Br2Cl2NO3/c1-21(2)17(19(23)22(24,25)26)18(21)20(28)30-16(12-27)13-7-6-10-15(11-13)29-14-8-4-3-5-9-14/h3-11,16-19H,1-2H3/t16-,17-,18+,19?/m1/s1. The highest BCUT2D eigenvalue weighted by molar-refractivity contribution is 9.13. The third kappa shape index (κ3) is 5.13. The van der Waals surface area contributed by atoms with Crippen LogP contribution in [0.1, 0.15) is 25.5 Å². The number of carbonyl (C=O) groups is 1. The Labute approximate surface area is 202 Å². The number of esters is 1. The van der Waals surface area contributed by atoms with E-state index in [0.29, 0.717) is 17.1 Å². The van der Waals surface area contributed by atoms with Gasteiger partial charge in [-0.1, -0.05) is 83.3 Å². The lowest BCUT2D eigenvalue weighted by atomic mass is 10.1. The molecule has 4 atom stereocenters. The Balaban J connectivity index is 1.72. The molecule has 0 heterocycles. The first kappa shape index (κ1) is 23.4. The molecule has 1 aliphatic rings. The minimum Gasteiger partial charge on any atom is -0.457 e. The molecule has 8 heteroatoms. The molecule has 1 saturated carbocycles. The van der Waals surface area contributed by atoms with E-state index in [1.807, 2.05) is 44.2 Å². The Morgan fingerprint density at radius 1 is 1.17 bits per heavy atom. The van der Waals surface area contributed by atoms with Crippen LogP contribution in [0.3, 0.4) is 0 Å². The molecule has 0 saturated heterocycles. The molecule has 0 radical (unpaired) electrons. The van der Waals surface area contributed by atoms with E-state index >= 15 is 0 Å². The highest BCUT2D eigenvalue weighted by Gasteiger charge is 2.67. The zero-order valence-electron chi connectivity index (χ0n) is 16.2. The van der Waals surface area contributed by atoms with E-state index in [9.17, 15) is 10.1 Å². The van der Waals surface area contributed by atoms with Crippen molar-refractivity contribution in [2.45, 2.75) is 28.0 Å². The van der Waals surface area contributed by atoms with Crippen LogP contribution in [0.25, 0.3) is 0 Å². The van der Waals surface area contributed by atoms with Gasteiger partial charge in [-0.3, -0.25) is 4.79 Å². The van der Waals surface area contributed by atoms with Crippen LogP contribution in [0.4, 0.5) is 0 Å². The van der Waals surface area contributed by atoms with Crippen LogP contribution in [0, 0.1) is 28.6 Å². The van der Waals surface area contributed by atoms with Crippen molar-refractivity contribution in [3.8, 4) is 17.6 Å². The van der Waals surface area contributed by atoms with Gasteiger partial charge in [0.25, 0.3) is 0 Å². The molecular formula is C22H19Br2Cl2NO3. The van der Waals surface area contributed by atoms with Crippen LogP contribution < -0.4 is 4.74 Å².